The molecule has 1 N–H and O–H groups in total. The molecule has 0 bridgehead atoms. The molecule has 1 atom stereocenters. The zero-order valence-corrected chi connectivity index (χ0v) is 17.1. The van der Waals surface area contributed by atoms with E-state index in [1.165, 1.54) is 38.5 Å². The number of urea groups is 1. The van der Waals surface area contributed by atoms with Crippen LogP contribution in [0.2, 0.25) is 0 Å². The number of anilines is 2. The lowest BCUT2D eigenvalue weighted by Crippen LogP contribution is -2.51. The summed E-state index contributed by atoms with van der Waals surface area (Å²) in [5.74, 6) is 1.52. The monoisotopic (exact) mass is 386 g/mol. The summed E-state index contributed by atoms with van der Waals surface area (Å²) in [5.41, 5.74) is 0. The molecular formula is C21H34N6O. The van der Waals surface area contributed by atoms with Crippen molar-refractivity contribution in [1.82, 2.24) is 19.8 Å². The summed E-state index contributed by atoms with van der Waals surface area (Å²) < 4.78 is 0. The van der Waals surface area contributed by atoms with E-state index in [1.54, 1.807) is 6.33 Å². The summed E-state index contributed by atoms with van der Waals surface area (Å²) in [7, 11) is 0. The summed E-state index contributed by atoms with van der Waals surface area (Å²) in [6.07, 6.45) is 11.8. The van der Waals surface area contributed by atoms with Crippen molar-refractivity contribution in [3.8, 4) is 0 Å². The first-order chi connectivity index (χ1) is 13.7. The second-order valence-electron chi connectivity index (χ2n) is 8.54. The Hall–Kier alpha value is -1.89. The number of hydrogen-bond donors (Lipinski definition) is 1. The minimum atomic E-state index is -0.0426. The van der Waals surface area contributed by atoms with Gasteiger partial charge in [-0.1, -0.05) is 19.3 Å². The van der Waals surface area contributed by atoms with Crippen LogP contribution in [0.1, 0.15) is 58.3 Å². The molecule has 2 aliphatic heterocycles. The maximum absolute atomic E-state index is 12.6. The maximum atomic E-state index is 12.6. The van der Waals surface area contributed by atoms with E-state index in [0.29, 0.717) is 11.9 Å². The third kappa shape index (κ3) is 4.57. The quantitative estimate of drug-likeness (QED) is 0.863. The smallest absolute Gasteiger partial charge is 0.323 e. The third-order valence-electron chi connectivity index (χ3n) is 6.68. The molecule has 1 aromatic rings. The normalized spacial score (nSPS) is 25.0. The van der Waals surface area contributed by atoms with Crippen molar-refractivity contribution in [2.75, 3.05) is 42.9 Å². The molecule has 1 aliphatic carbocycles. The van der Waals surface area contributed by atoms with Gasteiger partial charge in [0.15, 0.2) is 0 Å². The molecule has 2 amide bonds. The molecule has 7 nitrogen and oxygen atoms in total. The van der Waals surface area contributed by atoms with Crippen molar-refractivity contribution in [3.63, 3.8) is 0 Å². The first-order valence-electron chi connectivity index (χ1n) is 11.1. The predicted octanol–water partition coefficient (Wildman–Crippen LogP) is 3.34. The van der Waals surface area contributed by atoms with Gasteiger partial charge < -0.3 is 9.80 Å². The molecule has 0 aromatic carbocycles. The lowest BCUT2D eigenvalue weighted by Gasteiger charge is -2.41. The average molecular weight is 387 g/mol. The summed E-state index contributed by atoms with van der Waals surface area (Å²) in [4.78, 5) is 28.3. The Morgan fingerprint density at radius 1 is 0.964 bits per heavy atom. The van der Waals surface area contributed by atoms with E-state index in [0.717, 1.165) is 57.4 Å². The number of rotatable bonds is 3. The molecule has 0 radical (unpaired) electrons. The third-order valence-corrected chi connectivity index (χ3v) is 6.68. The van der Waals surface area contributed by atoms with Crippen LogP contribution < -0.4 is 10.2 Å². The highest BCUT2D eigenvalue weighted by Gasteiger charge is 2.26. The van der Waals surface area contributed by atoms with Crippen LogP contribution in [0.25, 0.3) is 0 Å². The van der Waals surface area contributed by atoms with Gasteiger partial charge >= 0.3 is 6.03 Å². The Bertz CT molecular complexity index is 654. The molecule has 2 saturated heterocycles. The molecule has 28 heavy (non-hydrogen) atoms. The number of carbonyl (C=O) groups is 1. The average Bonchev–Trinajstić information content (AvgIpc) is 2.75. The standard InChI is InChI=1S/C21H34N6O/c1-17-7-5-6-10-27(17)21(28)24-19-15-20(23-16-22-19)26-13-11-25(12-14-26)18-8-3-2-4-9-18/h15-18H,2-14H2,1H3,(H,22,23,24,28). The Kier molecular flexibility index (Phi) is 6.29. The van der Waals surface area contributed by atoms with Crippen molar-refractivity contribution in [2.45, 2.75) is 70.4 Å². The van der Waals surface area contributed by atoms with E-state index in [9.17, 15) is 4.79 Å². The fraction of sp³-hybridized carbons (Fsp3) is 0.762. The van der Waals surface area contributed by atoms with Crippen LogP contribution >= 0.6 is 0 Å². The molecule has 1 aromatic heterocycles. The molecule has 1 unspecified atom stereocenters. The van der Waals surface area contributed by atoms with Gasteiger partial charge in [-0.3, -0.25) is 10.2 Å². The Balaban J connectivity index is 1.33. The van der Waals surface area contributed by atoms with Crippen LogP contribution in [0.3, 0.4) is 0 Å². The van der Waals surface area contributed by atoms with E-state index < -0.39 is 0 Å². The number of nitrogens with one attached hydrogen (secondary N) is 1. The van der Waals surface area contributed by atoms with E-state index >= 15 is 0 Å². The molecule has 3 fully saturated rings. The summed E-state index contributed by atoms with van der Waals surface area (Å²) >= 11 is 0. The molecule has 3 heterocycles. The summed E-state index contributed by atoms with van der Waals surface area (Å²) in [6, 6.07) is 2.95. The molecule has 7 heteroatoms. The van der Waals surface area contributed by atoms with Gasteiger partial charge in [-0.25, -0.2) is 14.8 Å². The first-order valence-corrected chi connectivity index (χ1v) is 11.1. The second kappa shape index (κ2) is 9.07. The molecule has 0 spiro atoms. The number of nitrogens with zero attached hydrogens (tertiary/aromatic N) is 5. The van der Waals surface area contributed by atoms with Gasteiger partial charge in [-0.2, -0.15) is 0 Å². The van der Waals surface area contributed by atoms with E-state index in [1.807, 2.05) is 11.0 Å². The number of likely N-dealkylation sites (tertiary alicyclic amines) is 1. The van der Waals surface area contributed by atoms with E-state index in [4.69, 9.17) is 0 Å². The number of aromatic nitrogens is 2. The van der Waals surface area contributed by atoms with Crippen molar-refractivity contribution >= 4 is 17.7 Å². The Morgan fingerprint density at radius 3 is 2.46 bits per heavy atom. The highest BCUT2D eigenvalue weighted by Crippen LogP contribution is 2.25. The maximum Gasteiger partial charge on any atom is 0.323 e. The zero-order chi connectivity index (χ0) is 19.3. The Morgan fingerprint density at radius 2 is 1.71 bits per heavy atom. The van der Waals surface area contributed by atoms with Crippen molar-refractivity contribution < 1.29 is 4.79 Å². The van der Waals surface area contributed by atoms with E-state index in [2.05, 4.69) is 32.0 Å². The number of piperidine rings is 1. The van der Waals surface area contributed by atoms with Crippen LogP contribution in [-0.4, -0.2) is 70.6 Å². The number of carbonyl (C=O) groups excluding carboxylic acids is 1. The van der Waals surface area contributed by atoms with Crippen LogP contribution in [0.4, 0.5) is 16.4 Å². The largest absolute Gasteiger partial charge is 0.354 e. The van der Waals surface area contributed by atoms with Gasteiger partial charge in [-0.15, -0.1) is 0 Å². The van der Waals surface area contributed by atoms with Gasteiger partial charge in [0.2, 0.25) is 0 Å². The number of amides is 2. The summed E-state index contributed by atoms with van der Waals surface area (Å²) in [5, 5.41) is 2.98. The first kappa shape index (κ1) is 19.4. The van der Waals surface area contributed by atoms with Crippen molar-refractivity contribution in [1.29, 1.82) is 0 Å². The summed E-state index contributed by atoms with van der Waals surface area (Å²) in [6.45, 7) is 7.13. The lowest BCUT2D eigenvalue weighted by atomic mass is 9.94. The second-order valence-corrected chi connectivity index (χ2v) is 8.54. The van der Waals surface area contributed by atoms with Crippen molar-refractivity contribution in [2.24, 2.45) is 0 Å². The van der Waals surface area contributed by atoms with Gasteiger partial charge in [0.1, 0.15) is 18.0 Å². The van der Waals surface area contributed by atoms with Crippen LogP contribution in [0.5, 0.6) is 0 Å². The van der Waals surface area contributed by atoms with Gasteiger partial charge in [0.25, 0.3) is 0 Å². The number of hydrogen-bond acceptors (Lipinski definition) is 5. The van der Waals surface area contributed by atoms with E-state index in [-0.39, 0.29) is 6.03 Å². The molecule has 3 aliphatic rings. The van der Waals surface area contributed by atoms with Gasteiger partial charge in [0.05, 0.1) is 0 Å². The minimum Gasteiger partial charge on any atom is -0.354 e. The molecule has 154 valence electrons. The highest BCUT2D eigenvalue weighted by molar-refractivity contribution is 5.88. The fourth-order valence-electron chi connectivity index (χ4n) is 4.93. The lowest BCUT2D eigenvalue weighted by molar-refractivity contribution is 0.147. The number of piperazine rings is 1. The minimum absolute atomic E-state index is 0.0426. The molecule has 4 rings (SSSR count). The van der Waals surface area contributed by atoms with Crippen LogP contribution in [-0.2, 0) is 0 Å². The topological polar surface area (TPSA) is 64.6 Å². The highest BCUT2D eigenvalue weighted by atomic mass is 16.2. The molecule has 1 saturated carbocycles. The van der Waals surface area contributed by atoms with Crippen LogP contribution in [0, 0.1) is 0 Å². The fourth-order valence-corrected chi connectivity index (χ4v) is 4.93. The zero-order valence-electron chi connectivity index (χ0n) is 17.1. The predicted molar refractivity (Wildman–Crippen MR) is 112 cm³/mol. The SMILES string of the molecule is CC1CCCCN1C(=O)Nc1cc(N2CCN(C3CCCCC3)CC2)ncn1. The Labute approximate surface area is 168 Å². The van der Waals surface area contributed by atoms with Gasteiger partial charge in [0, 0.05) is 50.9 Å². The van der Waals surface area contributed by atoms with Crippen molar-refractivity contribution in [3.05, 3.63) is 12.4 Å². The molecular weight excluding hydrogens is 352 g/mol. The van der Waals surface area contributed by atoms with Gasteiger partial charge in [-0.05, 0) is 39.0 Å². The van der Waals surface area contributed by atoms with Crippen LogP contribution in [0.15, 0.2) is 12.4 Å².